The van der Waals surface area contributed by atoms with Crippen LogP contribution in [-0.4, -0.2) is 42.3 Å². The average Bonchev–Trinajstić information content (AvgIpc) is 3.43. The standard InChI is InChI=1S/C30H48O5/c1-6-29(34-21(3)32)18-12-24-22-9-10-23-20(2)26(35-30(33-5)14-7-8-15-30)13-17-28(23,19-31)25(22)11-16-27(24,29)4/h10,20,22,24-26,31H,6-9,11-19H2,1-5H3/t20?,22-,24-,25+,26?,27-,28+,29?/m0/s1. The number of esters is 1. The highest BCUT2D eigenvalue weighted by molar-refractivity contribution is 5.66. The number of ether oxygens (including phenoxy) is 3. The van der Waals surface area contributed by atoms with E-state index in [1.807, 2.05) is 0 Å². The molecule has 0 radical (unpaired) electrons. The summed E-state index contributed by atoms with van der Waals surface area (Å²) in [6.07, 6.45) is 15.2. The lowest BCUT2D eigenvalue weighted by Crippen LogP contribution is -2.58. The minimum atomic E-state index is -0.410. The quantitative estimate of drug-likeness (QED) is 0.275. The first-order valence-electron chi connectivity index (χ1n) is 14.4. The predicted molar refractivity (Wildman–Crippen MR) is 136 cm³/mol. The fraction of sp³-hybridized carbons (Fsp3) is 0.900. The molecule has 1 N–H and O–H groups in total. The Morgan fingerprint density at radius 1 is 1.09 bits per heavy atom. The van der Waals surface area contributed by atoms with Gasteiger partial charge in [-0.2, -0.15) is 0 Å². The van der Waals surface area contributed by atoms with E-state index in [1.54, 1.807) is 14.0 Å². The van der Waals surface area contributed by atoms with Crippen LogP contribution in [0.15, 0.2) is 11.6 Å². The zero-order chi connectivity index (χ0) is 25.1. The molecule has 0 spiro atoms. The maximum atomic E-state index is 12.1. The van der Waals surface area contributed by atoms with Crippen molar-refractivity contribution < 1.29 is 24.1 Å². The Morgan fingerprint density at radius 3 is 2.43 bits per heavy atom. The van der Waals surface area contributed by atoms with Crippen LogP contribution in [0.25, 0.3) is 0 Å². The molecule has 5 rings (SSSR count). The Kier molecular flexibility index (Phi) is 6.71. The molecule has 5 aliphatic rings. The number of allylic oxidation sites excluding steroid dienone is 1. The molecule has 0 bridgehead atoms. The van der Waals surface area contributed by atoms with Gasteiger partial charge in [0.25, 0.3) is 0 Å². The molecule has 8 atom stereocenters. The van der Waals surface area contributed by atoms with Gasteiger partial charge >= 0.3 is 5.97 Å². The van der Waals surface area contributed by atoms with Crippen LogP contribution in [0.5, 0.6) is 0 Å². The summed E-state index contributed by atoms with van der Waals surface area (Å²) in [5, 5.41) is 11.0. The Labute approximate surface area is 212 Å². The van der Waals surface area contributed by atoms with Gasteiger partial charge in [0.2, 0.25) is 0 Å². The molecule has 5 nitrogen and oxygen atoms in total. The number of carbonyl (C=O) groups is 1. The van der Waals surface area contributed by atoms with Gasteiger partial charge in [0, 0.05) is 43.6 Å². The van der Waals surface area contributed by atoms with Crippen molar-refractivity contribution in [1.29, 1.82) is 0 Å². The van der Waals surface area contributed by atoms with Crippen molar-refractivity contribution in [3.8, 4) is 0 Å². The van der Waals surface area contributed by atoms with Crippen molar-refractivity contribution >= 4 is 5.97 Å². The number of hydrogen-bond acceptors (Lipinski definition) is 5. The molecule has 0 heterocycles. The van der Waals surface area contributed by atoms with Gasteiger partial charge in [0.05, 0.1) is 12.7 Å². The fourth-order valence-electron chi connectivity index (χ4n) is 10.00. The molecule has 0 amide bonds. The summed E-state index contributed by atoms with van der Waals surface area (Å²) in [4.78, 5) is 12.1. The van der Waals surface area contributed by atoms with Crippen LogP contribution in [0.1, 0.15) is 105 Å². The number of rotatable bonds is 6. The number of hydrogen-bond donors (Lipinski definition) is 1. The van der Waals surface area contributed by atoms with E-state index in [-0.39, 0.29) is 35.1 Å². The Bertz CT molecular complexity index is 846. The molecule has 3 unspecified atom stereocenters. The van der Waals surface area contributed by atoms with E-state index in [0.29, 0.717) is 23.7 Å². The highest BCUT2D eigenvalue weighted by Crippen LogP contribution is 2.69. The summed E-state index contributed by atoms with van der Waals surface area (Å²) < 4.78 is 18.8. The van der Waals surface area contributed by atoms with Crippen LogP contribution < -0.4 is 0 Å². The first-order valence-corrected chi connectivity index (χ1v) is 14.4. The second-order valence-electron chi connectivity index (χ2n) is 12.8. The van der Waals surface area contributed by atoms with Gasteiger partial charge in [0.1, 0.15) is 5.60 Å². The molecule has 0 aromatic rings. The highest BCUT2D eigenvalue weighted by Gasteiger charge is 2.66. The SMILES string of the molecule is CCC1(OC(C)=O)CC[C@H]2[C@@H]3CC=C4C(C)C(OC5(OC)CCCC5)CC[C@]4(CO)[C@@H]3CC[C@@]21C. The Morgan fingerprint density at radius 2 is 1.80 bits per heavy atom. The summed E-state index contributed by atoms with van der Waals surface area (Å²) in [6, 6.07) is 0. The van der Waals surface area contributed by atoms with Gasteiger partial charge < -0.3 is 19.3 Å². The number of fused-ring (bicyclic) bond motifs is 5. The van der Waals surface area contributed by atoms with Crippen LogP contribution in [0.3, 0.4) is 0 Å². The van der Waals surface area contributed by atoms with Gasteiger partial charge in [-0.25, -0.2) is 0 Å². The van der Waals surface area contributed by atoms with Gasteiger partial charge in [-0.3, -0.25) is 4.79 Å². The second-order valence-corrected chi connectivity index (χ2v) is 12.8. The lowest BCUT2D eigenvalue weighted by atomic mass is 9.45. The van der Waals surface area contributed by atoms with E-state index >= 15 is 0 Å². The maximum absolute atomic E-state index is 12.1. The lowest BCUT2D eigenvalue weighted by Gasteiger charge is -2.61. The third-order valence-electron chi connectivity index (χ3n) is 11.8. The third kappa shape index (κ3) is 3.69. The van der Waals surface area contributed by atoms with E-state index < -0.39 is 5.79 Å². The summed E-state index contributed by atoms with van der Waals surface area (Å²) in [6.45, 7) is 8.72. The first kappa shape index (κ1) is 25.7. The molecular formula is C30H48O5. The molecule has 0 aromatic heterocycles. The monoisotopic (exact) mass is 488 g/mol. The van der Waals surface area contributed by atoms with E-state index in [9.17, 15) is 9.90 Å². The summed E-state index contributed by atoms with van der Waals surface area (Å²) in [5.74, 6) is 1.35. The van der Waals surface area contributed by atoms with Crippen molar-refractivity contribution in [3.05, 3.63) is 11.6 Å². The van der Waals surface area contributed by atoms with E-state index in [0.717, 1.165) is 64.2 Å². The van der Waals surface area contributed by atoms with Gasteiger partial charge in [-0.15, -0.1) is 0 Å². The summed E-state index contributed by atoms with van der Waals surface area (Å²) >= 11 is 0. The van der Waals surface area contributed by atoms with Crippen LogP contribution in [0.2, 0.25) is 0 Å². The highest BCUT2D eigenvalue weighted by atomic mass is 16.7. The average molecular weight is 489 g/mol. The van der Waals surface area contributed by atoms with E-state index in [4.69, 9.17) is 14.2 Å². The maximum Gasteiger partial charge on any atom is 0.303 e. The second kappa shape index (κ2) is 9.13. The molecule has 5 heteroatoms. The number of aliphatic hydroxyl groups is 1. The first-order chi connectivity index (χ1) is 16.7. The molecule has 35 heavy (non-hydrogen) atoms. The number of aliphatic hydroxyl groups excluding tert-OH is 1. The Hall–Kier alpha value is -0.910. The van der Waals surface area contributed by atoms with Crippen LogP contribution in [0.4, 0.5) is 0 Å². The molecule has 5 aliphatic carbocycles. The fourth-order valence-corrected chi connectivity index (χ4v) is 10.00. The molecule has 0 aromatic carbocycles. The summed E-state index contributed by atoms with van der Waals surface area (Å²) in [5.41, 5.74) is 1.01. The molecule has 0 saturated heterocycles. The third-order valence-corrected chi connectivity index (χ3v) is 11.8. The van der Waals surface area contributed by atoms with Gasteiger partial charge in [-0.05, 0) is 82.0 Å². The zero-order valence-corrected chi connectivity index (χ0v) is 22.7. The van der Waals surface area contributed by atoms with Crippen molar-refractivity contribution in [2.75, 3.05) is 13.7 Å². The minimum Gasteiger partial charge on any atom is -0.459 e. The summed E-state index contributed by atoms with van der Waals surface area (Å²) in [7, 11) is 1.80. The topological polar surface area (TPSA) is 65.0 Å². The van der Waals surface area contributed by atoms with Crippen molar-refractivity contribution in [1.82, 2.24) is 0 Å². The number of methoxy groups -OCH3 is 1. The van der Waals surface area contributed by atoms with Crippen molar-refractivity contribution in [2.24, 2.45) is 34.5 Å². The minimum absolute atomic E-state index is 0.0236. The smallest absolute Gasteiger partial charge is 0.303 e. The van der Waals surface area contributed by atoms with Gasteiger partial charge in [0.15, 0.2) is 5.79 Å². The van der Waals surface area contributed by atoms with Crippen LogP contribution >= 0.6 is 0 Å². The number of carbonyl (C=O) groups excluding carboxylic acids is 1. The largest absolute Gasteiger partial charge is 0.459 e. The Balaban J connectivity index is 1.42. The molecular weight excluding hydrogens is 440 g/mol. The van der Waals surface area contributed by atoms with Crippen LogP contribution in [0, 0.1) is 34.5 Å². The van der Waals surface area contributed by atoms with Crippen LogP contribution in [-0.2, 0) is 19.0 Å². The normalized spacial score (nSPS) is 46.3. The molecule has 198 valence electrons. The van der Waals surface area contributed by atoms with E-state index in [1.165, 1.54) is 18.4 Å². The lowest BCUT2D eigenvalue weighted by molar-refractivity contribution is -0.255. The molecule has 0 aliphatic heterocycles. The molecule has 4 saturated carbocycles. The van der Waals surface area contributed by atoms with E-state index in [2.05, 4.69) is 26.8 Å². The van der Waals surface area contributed by atoms with Crippen molar-refractivity contribution in [2.45, 2.75) is 122 Å². The molecule has 4 fully saturated rings. The zero-order valence-electron chi connectivity index (χ0n) is 22.7. The van der Waals surface area contributed by atoms with Gasteiger partial charge in [-0.1, -0.05) is 32.4 Å². The van der Waals surface area contributed by atoms with Crippen molar-refractivity contribution in [3.63, 3.8) is 0 Å². The predicted octanol–water partition coefficient (Wildman–Crippen LogP) is 6.18.